The average Bonchev–Trinajstić information content (AvgIpc) is 2.98. The highest BCUT2D eigenvalue weighted by molar-refractivity contribution is 5.59. The lowest BCUT2D eigenvalue weighted by Gasteiger charge is -2.16. The van der Waals surface area contributed by atoms with Crippen molar-refractivity contribution in [3.05, 3.63) is 71.4 Å². The Hall–Kier alpha value is -2.73. The minimum atomic E-state index is -0.431. The highest BCUT2D eigenvalue weighted by Crippen LogP contribution is 2.30. The molecule has 2 aromatic carbocycles. The summed E-state index contributed by atoms with van der Waals surface area (Å²) in [5.41, 5.74) is 9.07. The van der Waals surface area contributed by atoms with Crippen molar-refractivity contribution in [1.29, 1.82) is 0 Å². The van der Waals surface area contributed by atoms with E-state index in [2.05, 4.69) is 5.10 Å². The zero-order valence-electron chi connectivity index (χ0n) is 14.0. The van der Waals surface area contributed by atoms with Crippen LogP contribution in [0, 0.1) is 11.6 Å². The van der Waals surface area contributed by atoms with E-state index in [1.807, 2.05) is 13.1 Å². The average molecular weight is 343 g/mol. The zero-order valence-corrected chi connectivity index (χ0v) is 14.0. The van der Waals surface area contributed by atoms with Gasteiger partial charge in [-0.15, -0.1) is 0 Å². The summed E-state index contributed by atoms with van der Waals surface area (Å²) in [6.07, 6.45) is 0. The maximum Gasteiger partial charge on any atom is 0.165 e. The summed E-state index contributed by atoms with van der Waals surface area (Å²) in [5, 5.41) is 4.48. The lowest BCUT2D eigenvalue weighted by Crippen LogP contribution is -2.17. The van der Waals surface area contributed by atoms with Crippen LogP contribution >= 0.6 is 0 Å². The molecule has 1 aromatic heterocycles. The molecule has 0 radical (unpaired) electrons. The lowest BCUT2D eigenvalue weighted by atomic mass is 9.94. The highest BCUT2D eigenvalue weighted by Gasteiger charge is 2.20. The van der Waals surface area contributed by atoms with Gasteiger partial charge in [-0.05, 0) is 48.0 Å². The van der Waals surface area contributed by atoms with E-state index in [4.69, 9.17) is 10.5 Å². The van der Waals surface area contributed by atoms with Crippen LogP contribution in [0.1, 0.15) is 17.2 Å². The molecule has 3 aromatic rings. The van der Waals surface area contributed by atoms with Gasteiger partial charge in [0.25, 0.3) is 0 Å². The first-order chi connectivity index (χ1) is 12.0. The van der Waals surface area contributed by atoms with Crippen LogP contribution in [0.2, 0.25) is 0 Å². The maximum atomic E-state index is 14.0. The fraction of sp³-hybridized carbons (Fsp3) is 0.211. The quantitative estimate of drug-likeness (QED) is 0.772. The van der Waals surface area contributed by atoms with Crippen molar-refractivity contribution in [2.75, 3.05) is 13.7 Å². The molecular weight excluding hydrogens is 324 g/mol. The largest absolute Gasteiger partial charge is 0.494 e. The minimum absolute atomic E-state index is 0.191. The van der Waals surface area contributed by atoms with Crippen LogP contribution in [-0.4, -0.2) is 23.4 Å². The second-order valence-corrected chi connectivity index (χ2v) is 5.77. The van der Waals surface area contributed by atoms with Crippen LogP contribution in [0.3, 0.4) is 0 Å². The highest BCUT2D eigenvalue weighted by atomic mass is 19.1. The van der Waals surface area contributed by atoms with E-state index in [-0.39, 0.29) is 17.5 Å². The van der Waals surface area contributed by atoms with Crippen LogP contribution in [-0.2, 0) is 7.05 Å². The lowest BCUT2D eigenvalue weighted by molar-refractivity contribution is 0.386. The molecule has 1 atom stereocenters. The molecule has 6 heteroatoms. The fourth-order valence-corrected chi connectivity index (χ4v) is 2.90. The van der Waals surface area contributed by atoms with Crippen molar-refractivity contribution in [1.82, 2.24) is 9.78 Å². The molecule has 0 saturated carbocycles. The Morgan fingerprint density at radius 3 is 2.44 bits per heavy atom. The van der Waals surface area contributed by atoms with Crippen molar-refractivity contribution < 1.29 is 13.5 Å². The molecule has 0 amide bonds. The van der Waals surface area contributed by atoms with Crippen molar-refractivity contribution in [2.45, 2.75) is 5.92 Å². The molecule has 4 nitrogen and oxygen atoms in total. The van der Waals surface area contributed by atoms with Crippen LogP contribution in [0.4, 0.5) is 8.78 Å². The Kier molecular flexibility index (Phi) is 4.81. The molecule has 0 aliphatic heterocycles. The van der Waals surface area contributed by atoms with E-state index in [9.17, 15) is 8.78 Å². The van der Waals surface area contributed by atoms with Crippen molar-refractivity contribution >= 4 is 0 Å². The first-order valence-corrected chi connectivity index (χ1v) is 7.87. The van der Waals surface area contributed by atoms with E-state index in [1.54, 1.807) is 28.9 Å². The zero-order chi connectivity index (χ0) is 18.0. The molecule has 0 saturated heterocycles. The second kappa shape index (κ2) is 7.03. The van der Waals surface area contributed by atoms with Gasteiger partial charge in [0, 0.05) is 30.8 Å². The van der Waals surface area contributed by atoms with Crippen LogP contribution < -0.4 is 10.5 Å². The third-order valence-electron chi connectivity index (χ3n) is 4.23. The van der Waals surface area contributed by atoms with Gasteiger partial charge in [-0.25, -0.2) is 8.78 Å². The summed E-state index contributed by atoms with van der Waals surface area (Å²) < 4.78 is 33.8. The summed E-state index contributed by atoms with van der Waals surface area (Å²) in [6.45, 7) is 0.300. The van der Waals surface area contributed by atoms with E-state index < -0.39 is 5.82 Å². The van der Waals surface area contributed by atoms with Crippen molar-refractivity contribution in [3.8, 4) is 17.0 Å². The van der Waals surface area contributed by atoms with E-state index in [0.717, 1.165) is 16.8 Å². The normalized spacial score (nSPS) is 12.2. The number of aryl methyl sites for hydroxylation is 1. The van der Waals surface area contributed by atoms with E-state index in [0.29, 0.717) is 12.2 Å². The van der Waals surface area contributed by atoms with Crippen LogP contribution in [0.15, 0.2) is 48.5 Å². The molecule has 0 bridgehead atoms. The molecule has 1 heterocycles. The third-order valence-corrected chi connectivity index (χ3v) is 4.23. The molecule has 0 aliphatic carbocycles. The number of rotatable bonds is 5. The Bertz CT molecular complexity index is 875. The van der Waals surface area contributed by atoms with Gasteiger partial charge in [0.05, 0.1) is 12.8 Å². The third kappa shape index (κ3) is 3.39. The smallest absolute Gasteiger partial charge is 0.165 e. The maximum absolute atomic E-state index is 14.0. The van der Waals surface area contributed by atoms with E-state index in [1.165, 1.54) is 25.3 Å². The number of methoxy groups -OCH3 is 1. The van der Waals surface area contributed by atoms with Gasteiger partial charge in [-0.2, -0.15) is 5.10 Å². The van der Waals surface area contributed by atoms with Gasteiger partial charge in [-0.1, -0.05) is 6.07 Å². The van der Waals surface area contributed by atoms with Crippen molar-refractivity contribution in [3.63, 3.8) is 0 Å². The number of hydrogen-bond acceptors (Lipinski definition) is 3. The topological polar surface area (TPSA) is 53.1 Å². The Morgan fingerprint density at radius 1 is 1.12 bits per heavy atom. The van der Waals surface area contributed by atoms with Crippen LogP contribution in [0.5, 0.6) is 5.75 Å². The standard InChI is InChI=1S/C19H19F2N3O/c1-24-18(10-17(23-24)12-3-6-14(20)7-4-12)15(11-22)13-5-8-19(25-2)16(21)9-13/h3-10,15H,11,22H2,1-2H3. The molecule has 0 aliphatic rings. The Labute approximate surface area is 144 Å². The summed E-state index contributed by atoms with van der Waals surface area (Å²) >= 11 is 0. The molecule has 3 rings (SSSR count). The summed E-state index contributed by atoms with van der Waals surface area (Å²) in [5.74, 6) is -0.753. The fourth-order valence-electron chi connectivity index (χ4n) is 2.90. The molecule has 0 spiro atoms. The second-order valence-electron chi connectivity index (χ2n) is 5.77. The van der Waals surface area contributed by atoms with Gasteiger partial charge in [0.15, 0.2) is 11.6 Å². The Morgan fingerprint density at radius 2 is 1.84 bits per heavy atom. The number of halogens is 2. The monoisotopic (exact) mass is 343 g/mol. The number of benzene rings is 2. The first kappa shape index (κ1) is 17.1. The first-order valence-electron chi connectivity index (χ1n) is 7.87. The van der Waals surface area contributed by atoms with Gasteiger partial charge >= 0.3 is 0 Å². The predicted octanol–water partition coefficient (Wildman–Crippen LogP) is 3.46. The predicted molar refractivity (Wildman–Crippen MR) is 92.5 cm³/mol. The summed E-state index contributed by atoms with van der Waals surface area (Å²) in [6, 6.07) is 12.8. The number of hydrogen-bond donors (Lipinski definition) is 1. The minimum Gasteiger partial charge on any atom is -0.494 e. The number of aromatic nitrogens is 2. The molecule has 2 N–H and O–H groups in total. The van der Waals surface area contributed by atoms with Gasteiger partial charge in [0.2, 0.25) is 0 Å². The molecule has 25 heavy (non-hydrogen) atoms. The number of ether oxygens (including phenoxy) is 1. The summed E-state index contributed by atoms with van der Waals surface area (Å²) in [4.78, 5) is 0. The molecule has 130 valence electrons. The number of nitrogens with two attached hydrogens (primary N) is 1. The molecular formula is C19H19F2N3O. The van der Waals surface area contributed by atoms with E-state index >= 15 is 0 Å². The molecule has 0 fully saturated rings. The van der Waals surface area contributed by atoms with Crippen LogP contribution in [0.25, 0.3) is 11.3 Å². The Balaban J connectivity index is 1.99. The van der Waals surface area contributed by atoms with Gasteiger partial charge in [0.1, 0.15) is 5.82 Å². The number of nitrogens with zero attached hydrogens (tertiary/aromatic N) is 2. The van der Waals surface area contributed by atoms with Gasteiger partial charge in [-0.3, -0.25) is 4.68 Å². The summed E-state index contributed by atoms with van der Waals surface area (Å²) in [7, 11) is 3.24. The van der Waals surface area contributed by atoms with Gasteiger partial charge < -0.3 is 10.5 Å². The molecule has 1 unspecified atom stereocenters. The van der Waals surface area contributed by atoms with Crippen molar-refractivity contribution in [2.24, 2.45) is 12.8 Å². The SMILES string of the molecule is COc1ccc(C(CN)c2cc(-c3ccc(F)cc3)nn2C)cc1F.